The summed E-state index contributed by atoms with van der Waals surface area (Å²) in [7, 11) is 0. The van der Waals surface area contributed by atoms with Gasteiger partial charge in [-0.1, -0.05) is 54.1 Å². The Morgan fingerprint density at radius 1 is 1.15 bits per heavy atom. The van der Waals surface area contributed by atoms with E-state index in [4.69, 9.17) is 11.6 Å². The van der Waals surface area contributed by atoms with Crippen molar-refractivity contribution in [2.75, 3.05) is 6.54 Å². The Hall–Kier alpha value is -1.84. The maximum Gasteiger partial charge on any atom is 0.253 e. The molecule has 0 saturated carbocycles. The van der Waals surface area contributed by atoms with Crippen LogP contribution in [0, 0.1) is 0 Å². The third-order valence-electron chi connectivity index (χ3n) is 2.97. The van der Waals surface area contributed by atoms with Gasteiger partial charge >= 0.3 is 0 Å². The lowest BCUT2D eigenvalue weighted by Gasteiger charge is -2.11. The highest BCUT2D eigenvalue weighted by Crippen LogP contribution is 2.13. The summed E-state index contributed by atoms with van der Waals surface area (Å²) in [4.78, 5) is 11.8. The summed E-state index contributed by atoms with van der Waals surface area (Å²) in [5.74, 6) is -0.391. The molecule has 0 bridgehead atoms. The third-order valence-corrected chi connectivity index (χ3v) is 3.20. The number of aliphatic hydroxyl groups excluding tert-OH is 1. The molecule has 0 aromatic heterocycles. The van der Waals surface area contributed by atoms with Crippen molar-refractivity contribution in [1.29, 1.82) is 0 Å². The highest BCUT2D eigenvalue weighted by molar-refractivity contribution is 6.30. The van der Waals surface area contributed by atoms with Crippen LogP contribution in [0.15, 0.2) is 54.6 Å². The highest BCUT2D eigenvalue weighted by Gasteiger charge is 2.15. The predicted molar refractivity (Wildman–Crippen MR) is 79.6 cm³/mol. The summed E-state index contributed by atoms with van der Waals surface area (Å²) in [5.41, 5.74) is 1.64. The minimum absolute atomic E-state index is 0.391. The van der Waals surface area contributed by atoms with Crippen LogP contribution in [0.1, 0.15) is 17.2 Å². The van der Waals surface area contributed by atoms with Gasteiger partial charge in [0, 0.05) is 11.6 Å². The van der Waals surface area contributed by atoms with Gasteiger partial charge in [-0.3, -0.25) is 4.79 Å². The van der Waals surface area contributed by atoms with Crippen molar-refractivity contribution in [2.24, 2.45) is 0 Å². The number of rotatable bonds is 5. The molecule has 1 amide bonds. The van der Waals surface area contributed by atoms with Gasteiger partial charge in [0.25, 0.3) is 5.91 Å². The largest absolute Gasteiger partial charge is 0.378 e. The first-order valence-electron chi connectivity index (χ1n) is 6.42. The molecule has 0 heterocycles. The zero-order chi connectivity index (χ0) is 14.4. The lowest BCUT2D eigenvalue weighted by molar-refractivity contribution is -0.129. The van der Waals surface area contributed by atoms with Gasteiger partial charge in [0.1, 0.15) is 0 Å². The van der Waals surface area contributed by atoms with E-state index in [0.29, 0.717) is 23.6 Å². The number of hydrogen-bond acceptors (Lipinski definition) is 2. The lowest BCUT2D eigenvalue weighted by Crippen LogP contribution is -2.30. The van der Waals surface area contributed by atoms with Gasteiger partial charge in [-0.05, 0) is 29.7 Å². The molecule has 104 valence electrons. The summed E-state index contributed by atoms with van der Waals surface area (Å²) >= 11 is 5.89. The second-order valence-corrected chi connectivity index (χ2v) is 4.92. The Bertz CT molecular complexity index is 572. The fourth-order valence-corrected chi connectivity index (χ4v) is 2.12. The second kappa shape index (κ2) is 7.08. The predicted octanol–water partition coefficient (Wildman–Crippen LogP) is 2.73. The molecule has 1 unspecified atom stereocenters. The quantitative estimate of drug-likeness (QED) is 0.889. The maximum absolute atomic E-state index is 11.8. The van der Waals surface area contributed by atoms with Crippen LogP contribution in [0.4, 0.5) is 0 Å². The molecule has 20 heavy (non-hydrogen) atoms. The van der Waals surface area contributed by atoms with Crippen LogP contribution in [0.5, 0.6) is 0 Å². The van der Waals surface area contributed by atoms with Crippen molar-refractivity contribution in [3.63, 3.8) is 0 Å². The Kier molecular flexibility index (Phi) is 5.16. The van der Waals surface area contributed by atoms with Gasteiger partial charge < -0.3 is 10.4 Å². The molecule has 0 fully saturated rings. The number of hydrogen-bond donors (Lipinski definition) is 2. The Labute approximate surface area is 123 Å². The number of carbonyl (C=O) groups excluding carboxylic acids is 1. The van der Waals surface area contributed by atoms with Crippen LogP contribution in [-0.2, 0) is 11.2 Å². The Morgan fingerprint density at radius 2 is 1.90 bits per heavy atom. The summed E-state index contributed by atoms with van der Waals surface area (Å²) < 4.78 is 0. The summed E-state index contributed by atoms with van der Waals surface area (Å²) in [6.07, 6.45) is -0.455. The molecule has 0 spiro atoms. The molecule has 2 aromatic rings. The van der Waals surface area contributed by atoms with Gasteiger partial charge in [0.15, 0.2) is 6.10 Å². The summed E-state index contributed by atoms with van der Waals surface area (Å²) in [6.45, 7) is 0.461. The van der Waals surface area contributed by atoms with Crippen LogP contribution in [-0.4, -0.2) is 17.6 Å². The zero-order valence-electron chi connectivity index (χ0n) is 10.9. The van der Waals surface area contributed by atoms with Gasteiger partial charge in [0.2, 0.25) is 0 Å². The normalized spacial score (nSPS) is 11.9. The van der Waals surface area contributed by atoms with Crippen molar-refractivity contribution >= 4 is 17.5 Å². The Balaban J connectivity index is 1.83. The molecule has 0 aliphatic heterocycles. The molecule has 2 aromatic carbocycles. The van der Waals surface area contributed by atoms with E-state index in [0.717, 1.165) is 5.56 Å². The van der Waals surface area contributed by atoms with E-state index in [9.17, 15) is 9.90 Å². The number of amides is 1. The minimum Gasteiger partial charge on any atom is -0.378 e. The molecule has 0 aliphatic carbocycles. The first-order valence-corrected chi connectivity index (χ1v) is 6.80. The number of benzene rings is 2. The topological polar surface area (TPSA) is 49.3 Å². The first kappa shape index (κ1) is 14.6. The van der Waals surface area contributed by atoms with E-state index >= 15 is 0 Å². The smallest absolute Gasteiger partial charge is 0.253 e. The number of aliphatic hydroxyl groups is 1. The van der Waals surface area contributed by atoms with Gasteiger partial charge in [0.05, 0.1) is 0 Å². The van der Waals surface area contributed by atoms with Crippen LogP contribution in [0.2, 0.25) is 5.02 Å². The summed E-state index contributed by atoms with van der Waals surface area (Å²) in [6, 6.07) is 16.4. The Morgan fingerprint density at radius 3 is 2.60 bits per heavy atom. The monoisotopic (exact) mass is 289 g/mol. The van der Waals surface area contributed by atoms with Gasteiger partial charge in [-0.2, -0.15) is 0 Å². The average Bonchev–Trinajstić information content (AvgIpc) is 2.47. The van der Waals surface area contributed by atoms with Crippen molar-refractivity contribution < 1.29 is 9.90 Å². The second-order valence-electron chi connectivity index (χ2n) is 4.48. The highest BCUT2D eigenvalue weighted by atomic mass is 35.5. The molecule has 1 atom stereocenters. The van der Waals surface area contributed by atoms with E-state index < -0.39 is 12.0 Å². The lowest BCUT2D eigenvalue weighted by atomic mass is 10.1. The number of nitrogens with one attached hydrogen (secondary N) is 1. The van der Waals surface area contributed by atoms with Crippen molar-refractivity contribution in [1.82, 2.24) is 5.32 Å². The molecular weight excluding hydrogens is 274 g/mol. The van der Waals surface area contributed by atoms with Crippen molar-refractivity contribution in [3.05, 3.63) is 70.7 Å². The van der Waals surface area contributed by atoms with E-state index in [1.807, 2.05) is 30.3 Å². The van der Waals surface area contributed by atoms with Crippen molar-refractivity contribution in [3.8, 4) is 0 Å². The number of halogens is 1. The average molecular weight is 290 g/mol. The van der Waals surface area contributed by atoms with E-state index in [2.05, 4.69) is 5.32 Å². The molecule has 0 aliphatic rings. The van der Waals surface area contributed by atoms with Crippen LogP contribution >= 0.6 is 11.6 Å². The van der Waals surface area contributed by atoms with Gasteiger partial charge in [-0.15, -0.1) is 0 Å². The molecule has 4 heteroatoms. The zero-order valence-corrected chi connectivity index (χ0v) is 11.7. The fourth-order valence-electron chi connectivity index (χ4n) is 1.91. The minimum atomic E-state index is -1.13. The van der Waals surface area contributed by atoms with Crippen LogP contribution in [0.3, 0.4) is 0 Å². The SMILES string of the molecule is O=C(NCCc1cccc(Cl)c1)C(O)c1ccccc1. The molecule has 0 radical (unpaired) electrons. The van der Waals surface area contributed by atoms with Crippen molar-refractivity contribution in [2.45, 2.75) is 12.5 Å². The third kappa shape index (κ3) is 4.08. The van der Waals surface area contributed by atoms with Crippen LogP contribution in [0.25, 0.3) is 0 Å². The van der Waals surface area contributed by atoms with E-state index in [1.165, 1.54) is 0 Å². The van der Waals surface area contributed by atoms with Crippen LogP contribution < -0.4 is 5.32 Å². The number of carbonyl (C=O) groups is 1. The molecular formula is C16H16ClNO2. The first-order chi connectivity index (χ1) is 9.66. The molecule has 2 N–H and O–H groups in total. The van der Waals surface area contributed by atoms with Gasteiger partial charge in [-0.25, -0.2) is 0 Å². The van der Waals surface area contributed by atoms with E-state index in [1.54, 1.807) is 24.3 Å². The maximum atomic E-state index is 11.8. The van der Waals surface area contributed by atoms with E-state index in [-0.39, 0.29) is 0 Å². The molecule has 0 saturated heterocycles. The molecule has 3 nitrogen and oxygen atoms in total. The standard InChI is InChI=1S/C16H16ClNO2/c17-14-8-4-5-12(11-14)9-10-18-16(20)15(19)13-6-2-1-3-7-13/h1-8,11,15,19H,9-10H2,(H,18,20). The summed E-state index contributed by atoms with van der Waals surface area (Å²) in [5, 5.41) is 13.3. The molecule has 2 rings (SSSR count). The fraction of sp³-hybridized carbons (Fsp3) is 0.188.